The summed E-state index contributed by atoms with van der Waals surface area (Å²) in [7, 11) is 0. The van der Waals surface area contributed by atoms with Crippen LogP contribution in [0.4, 0.5) is 4.39 Å². The molecule has 0 radical (unpaired) electrons. The van der Waals surface area contributed by atoms with Crippen LogP contribution in [0.5, 0.6) is 0 Å². The highest BCUT2D eigenvalue weighted by Gasteiger charge is 2.37. The van der Waals surface area contributed by atoms with Crippen LogP contribution in [0.1, 0.15) is 46.8 Å². The van der Waals surface area contributed by atoms with Crippen molar-refractivity contribution in [3.05, 3.63) is 107 Å². The number of carbonyl (C=O) groups is 1. The van der Waals surface area contributed by atoms with Gasteiger partial charge in [-0.15, -0.1) is 0 Å². The summed E-state index contributed by atoms with van der Waals surface area (Å²) in [6, 6.07) is 25.1. The van der Waals surface area contributed by atoms with Gasteiger partial charge in [-0.2, -0.15) is 0 Å². The molecule has 4 heteroatoms. The van der Waals surface area contributed by atoms with Crippen molar-refractivity contribution in [2.45, 2.75) is 39.3 Å². The van der Waals surface area contributed by atoms with Gasteiger partial charge in [-0.25, -0.2) is 4.39 Å². The average Bonchev–Trinajstić information content (AvgIpc) is 3.19. The van der Waals surface area contributed by atoms with Gasteiger partial charge in [0.15, 0.2) is 0 Å². The topological polar surface area (TPSA) is 23.6 Å². The highest BCUT2D eigenvalue weighted by molar-refractivity contribution is 5.94. The monoisotopic (exact) mass is 444 g/mol. The van der Waals surface area contributed by atoms with Crippen molar-refractivity contribution in [2.24, 2.45) is 5.92 Å². The third kappa shape index (κ3) is 5.51. The van der Waals surface area contributed by atoms with Gasteiger partial charge in [0, 0.05) is 43.7 Å². The minimum atomic E-state index is -0.196. The van der Waals surface area contributed by atoms with Crippen LogP contribution in [0.2, 0.25) is 0 Å². The smallest absolute Gasteiger partial charge is 0.254 e. The average molecular weight is 445 g/mol. The molecule has 33 heavy (non-hydrogen) atoms. The Bertz CT molecular complexity index is 1080. The molecule has 0 unspecified atom stereocenters. The zero-order valence-electron chi connectivity index (χ0n) is 19.7. The van der Waals surface area contributed by atoms with E-state index in [0.717, 1.165) is 24.2 Å². The van der Waals surface area contributed by atoms with Gasteiger partial charge in [-0.05, 0) is 67.6 Å². The first-order valence-electron chi connectivity index (χ1n) is 11.8. The van der Waals surface area contributed by atoms with Crippen molar-refractivity contribution in [1.82, 2.24) is 9.80 Å². The van der Waals surface area contributed by atoms with E-state index in [1.807, 2.05) is 41.3 Å². The van der Waals surface area contributed by atoms with E-state index in [0.29, 0.717) is 24.9 Å². The van der Waals surface area contributed by atoms with Crippen molar-refractivity contribution in [2.75, 3.05) is 19.6 Å². The van der Waals surface area contributed by atoms with E-state index in [-0.39, 0.29) is 17.8 Å². The fraction of sp³-hybridized carbons (Fsp3) is 0.345. The Morgan fingerprint density at radius 3 is 2.42 bits per heavy atom. The number of hydrogen-bond donors (Lipinski definition) is 0. The van der Waals surface area contributed by atoms with E-state index < -0.39 is 0 Å². The standard InChI is InChI=1S/C29H33FN2O/c1-21(2)32(29(33)24-12-5-4-6-13-24)19-25-18-31(17-23-11-9-14-26(30)16-23)20-28(25)27-15-8-7-10-22(27)3/h4-16,21,25,28H,17-20H2,1-3H3/t25-,28+/m0/s1. The Morgan fingerprint density at radius 1 is 1.00 bits per heavy atom. The van der Waals surface area contributed by atoms with E-state index in [1.54, 1.807) is 12.1 Å². The molecule has 1 saturated heterocycles. The Morgan fingerprint density at radius 2 is 1.73 bits per heavy atom. The lowest BCUT2D eigenvalue weighted by atomic mass is 9.86. The Balaban J connectivity index is 1.59. The molecule has 0 aromatic heterocycles. The third-order valence-electron chi connectivity index (χ3n) is 6.74. The summed E-state index contributed by atoms with van der Waals surface area (Å²) < 4.78 is 13.8. The summed E-state index contributed by atoms with van der Waals surface area (Å²) in [5, 5.41) is 0. The largest absolute Gasteiger partial charge is 0.336 e. The lowest BCUT2D eigenvalue weighted by molar-refractivity contribution is 0.0668. The fourth-order valence-corrected chi connectivity index (χ4v) is 5.05. The molecule has 0 spiro atoms. The molecule has 2 atom stereocenters. The van der Waals surface area contributed by atoms with Crippen LogP contribution >= 0.6 is 0 Å². The van der Waals surface area contributed by atoms with Gasteiger partial charge >= 0.3 is 0 Å². The lowest BCUT2D eigenvalue weighted by Gasteiger charge is -2.32. The number of amides is 1. The maximum Gasteiger partial charge on any atom is 0.254 e. The molecule has 0 saturated carbocycles. The zero-order chi connectivity index (χ0) is 23.4. The molecular weight excluding hydrogens is 411 g/mol. The van der Waals surface area contributed by atoms with Crippen molar-refractivity contribution >= 4 is 5.91 Å². The molecule has 0 N–H and O–H groups in total. The van der Waals surface area contributed by atoms with Crippen LogP contribution in [-0.2, 0) is 6.54 Å². The first-order chi connectivity index (χ1) is 15.9. The molecule has 1 amide bonds. The SMILES string of the molecule is Cc1ccccc1[C@@H]1CN(Cc2cccc(F)c2)C[C@H]1CN(C(=O)c1ccccc1)C(C)C. The van der Waals surface area contributed by atoms with Crippen molar-refractivity contribution in [1.29, 1.82) is 0 Å². The molecule has 1 fully saturated rings. The van der Waals surface area contributed by atoms with Gasteiger partial charge in [0.25, 0.3) is 5.91 Å². The highest BCUT2D eigenvalue weighted by Crippen LogP contribution is 2.36. The number of rotatable bonds is 7. The molecule has 3 aromatic rings. The predicted octanol–water partition coefficient (Wildman–Crippen LogP) is 5.90. The van der Waals surface area contributed by atoms with Crippen LogP contribution in [-0.4, -0.2) is 41.4 Å². The molecule has 172 valence electrons. The van der Waals surface area contributed by atoms with Gasteiger partial charge < -0.3 is 4.90 Å². The number of aryl methyl sites for hydroxylation is 1. The molecule has 3 aromatic carbocycles. The third-order valence-corrected chi connectivity index (χ3v) is 6.74. The summed E-state index contributed by atoms with van der Waals surface area (Å²) in [5.74, 6) is 0.509. The Hall–Kier alpha value is -2.98. The molecule has 0 bridgehead atoms. The number of carbonyl (C=O) groups excluding carboxylic acids is 1. The van der Waals surface area contributed by atoms with E-state index in [1.165, 1.54) is 17.2 Å². The maximum atomic E-state index is 13.8. The first kappa shape index (κ1) is 23.2. The van der Waals surface area contributed by atoms with Crippen LogP contribution in [0, 0.1) is 18.7 Å². The van der Waals surface area contributed by atoms with Crippen molar-refractivity contribution in [3.63, 3.8) is 0 Å². The molecule has 3 nitrogen and oxygen atoms in total. The molecular formula is C29H33FN2O. The molecule has 1 heterocycles. The minimum Gasteiger partial charge on any atom is -0.336 e. The summed E-state index contributed by atoms with van der Waals surface area (Å²) in [4.78, 5) is 17.8. The second kappa shape index (κ2) is 10.3. The molecule has 1 aliphatic rings. The lowest BCUT2D eigenvalue weighted by Crippen LogP contribution is -2.42. The molecule has 0 aliphatic carbocycles. The summed E-state index contributed by atoms with van der Waals surface area (Å²) >= 11 is 0. The fourth-order valence-electron chi connectivity index (χ4n) is 5.05. The van der Waals surface area contributed by atoms with Crippen LogP contribution in [0.3, 0.4) is 0 Å². The zero-order valence-corrected chi connectivity index (χ0v) is 19.7. The van der Waals surface area contributed by atoms with E-state index in [9.17, 15) is 9.18 Å². The normalized spacial score (nSPS) is 18.6. The second-order valence-corrected chi connectivity index (χ2v) is 9.46. The van der Waals surface area contributed by atoms with Crippen LogP contribution < -0.4 is 0 Å². The first-order valence-corrected chi connectivity index (χ1v) is 11.8. The van der Waals surface area contributed by atoms with Gasteiger partial charge in [-0.3, -0.25) is 9.69 Å². The van der Waals surface area contributed by atoms with Gasteiger partial charge in [0.2, 0.25) is 0 Å². The van der Waals surface area contributed by atoms with E-state index >= 15 is 0 Å². The quantitative estimate of drug-likeness (QED) is 0.453. The summed E-state index contributed by atoms with van der Waals surface area (Å²) in [6.07, 6.45) is 0. The van der Waals surface area contributed by atoms with Crippen LogP contribution in [0.15, 0.2) is 78.9 Å². The maximum absolute atomic E-state index is 13.8. The molecule has 4 rings (SSSR count). The number of halogens is 1. The predicted molar refractivity (Wildman–Crippen MR) is 132 cm³/mol. The summed E-state index contributed by atoms with van der Waals surface area (Å²) in [6.45, 7) is 9.52. The number of likely N-dealkylation sites (tertiary alicyclic amines) is 1. The molecule has 1 aliphatic heterocycles. The van der Waals surface area contributed by atoms with Gasteiger partial charge in [0.05, 0.1) is 0 Å². The number of nitrogens with zero attached hydrogens (tertiary/aromatic N) is 2. The van der Waals surface area contributed by atoms with Crippen LogP contribution in [0.25, 0.3) is 0 Å². The van der Waals surface area contributed by atoms with Crippen molar-refractivity contribution in [3.8, 4) is 0 Å². The Labute approximate surface area is 196 Å². The van der Waals surface area contributed by atoms with E-state index in [4.69, 9.17) is 0 Å². The van der Waals surface area contributed by atoms with Gasteiger partial charge in [-0.1, -0.05) is 54.6 Å². The minimum absolute atomic E-state index is 0.0812. The Kier molecular flexibility index (Phi) is 7.24. The van der Waals surface area contributed by atoms with Crippen molar-refractivity contribution < 1.29 is 9.18 Å². The highest BCUT2D eigenvalue weighted by atomic mass is 19.1. The summed E-state index contributed by atoms with van der Waals surface area (Å²) in [5.41, 5.74) is 4.35. The number of hydrogen-bond acceptors (Lipinski definition) is 2. The van der Waals surface area contributed by atoms with Gasteiger partial charge in [0.1, 0.15) is 5.82 Å². The number of benzene rings is 3. The van der Waals surface area contributed by atoms with E-state index in [2.05, 4.69) is 49.9 Å². The second-order valence-electron chi connectivity index (χ2n) is 9.46.